The molecule has 5 saturated carbocycles. The van der Waals surface area contributed by atoms with E-state index in [1.165, 1.54) is 37.7 Å². The van der Waals surface area contributed by atoms with Crippen LogP contribution in [0.2, 0.25) is 0 Å². The summed E-state index contributed by atoms with van der Waals surface area (Å²) in [4.78, 5) is 38.2. The Morgan fingerprint density at radius 2 is 1.61 bits per heavy atom. The third-order valence-electron chi connectivity index (χ3n) is 16.6. The van der Waals surface area contributed by atoms with E-state index in [-0.39, 0.29) is 63.9 Å². The minimum Gasteiger partial charge on any atom is -0.481 e. The smallest absolute Gasteiger partial charge is 0.306 e. The van der Waals surface area contributed by atoms with Crippen LogP contribution in [-0.2, 0) is 19.1 Å². The number of fused-ring (bicyclic) bond motifs is 7. The summed E-state index contributed by atoms with van der Waals surface area (Å²) in [5.41, 5.74) is 1.22. The fourth-order valence-electron chi connectivity index (χ4n) is 14.2. The Morgan fingerprint density at radius 1 is 0.878 bits per heavy atom. The largest absolute Gasteiger partial charge is 0.481 e. The highest BCUT2D eigenvalue weighted by molar-refractivity contribution is 5.77. The first-order valence-corrected chi connectivity index (χ1v) is 19.8. The first-order chi connectivity index (χ1) is 22.8. The summed E-state index contributed by atoms with van der Waals surface area (Å²) < 4.78 is 6.27. The van der Waals surface area contributed by atoms with Crippen molar-refractivity contribution in [3.63, 3.8) is 0 Å². The van der Waals surface area contributed by atoms with Gasteiger partial charge in [-0.2, -0.15) is 0 Å². The van der Waals surface area contributed by atoms with Crippen LogP contribution in [-0.4, -0.2) is 48.2 Å². The zero-order chi connectivity index (χ0) is 35.8. The summed E-state index contributed by atoms with van der Waals surface area (Å²) in [5.74, 6) is 1.83. The Hall–Kier alpha value is -1.89. The van der Waals surface area contributed by atoms with Crippen LogP contribution in [0.15, 0.2) is 12.2 Å². The molecule has 6 fully saturated rings. The van der Waals surface area contributed by atoms with E-state index in [1.807, 2.05) is 13.8 Å². The minimum absolute atomic E-state index is 0.0443. The summed E-state index contributed by atoms with van der Waals surface area (Å²) in [7, 11) is 0. The van der Waals surface area contributed by atoms with Gasteiger partial charge in [0.2, 0.25) is 5.91 Å². The molecular formula is C42H68N2O5. The maximum absolute atomic E-state index is 13.7. The summed E-state index contributed by atoms with van der Waals surface area (Å²) in [6, 6.07) is 0.270. The van der Waals surface area contributed by atoms with Crippen LogP contribution < -0.4 is 10.6 Å². The number of carboxylic acids is 1. The Morgan fingerprint density at radius 3 is 2.27 bits per heavy atom. The van der Waals surface area contributed by atoms with E-state index >= 15 is 0 Å². The van der Waals surface area contributed by atoms with Gasteiger partial charge in [-0.25, -0.2) is 0 Å². The van der Waals surface area contributed by atoms with Crippen LogP contribution in [0.3, 0.4) is 0 Å². The fourth-order valence-corrected chi connectivity index (χ4v) is 14.2. The Balaban J connectivity index is 1.22. The number of hydrogen-bond acceptors (Lipinski definition) is 5. The van der Waals surface area contributed by atoms with Crippen LogP contribution in [0, 0.1) is 62.1 Å². The van der Waals surface area contributed by atoms with Gasteiger partial charge < -0.3 is 20.5 Å². The SMILES string of the molecule is C=C(C)[C@@H]1CC[C@]2(CC(=O)N[C@H]3CCNC3)CC[C@]3(C)[C@H](CC[C@@H]4[C@@]5(C)CC[C@H](OC(=O)CC(C)(C)CC(=O)O)C(C)(C)[C@@H]5CC[C@]43C)[C@@H]12. The molecule has 1 amide bonds. The highest BCUT2D eigenvalue weighted by Crippen LogP contribution is 2.78. The molecule has 0 aromatic rings. The van der Waals surface area contributed by atoms with Gasteiger partial charge in [-0.1, -0.05) is 60.6 Å². The lowest BCUT2D eigenvalue weighted by Gasteiger charge is -2.73. The van der Waals surface area contributed by atoms with Crippen LogP contribution in [0.1, 0.15) is 145 Å². The highest BCUT2D eigenvalue weighted by atomic mass is 16.5. The van der Waals surface area contributed by atoms with E-state index in [2.05, 4.69) is 58.8 Å². The summed E-state index contributed by atoms with van der Waals surface area (Å²) >= 11 is 0. The molecule has 0 spiro atoms. The molecule has 1 aliphatic heterocycles. The molecule has 7 heteroatoms. The lowest BCUT2D eigenvalue weighted by atomic mass is 9.32. The predicted molar refractivity (Wildman–Crippen MR) is 194 cm³/mol. The summed E-state index contributed by atoms with van der Waals surface area (Å²) in [5, 5.41) is 16.1. The monoisotopic (exact) mass is 681 g/mol. The first kappa shape index (κ1) is 36.9. The van der Waals surface area contributed by atoms with E-state index in [0.717, 1.165) is 51.6 Å². The van der Waals surface area contributed by atoms with Gasteiger partial charge in [0.05, 0.1) is 12.8 Å². The van der Waals surface area contributed by atoms with E-state index in [9.17, 15) is 19.5 Å². The average molecular weight is 681 g/mol. The molecule has 5 aliphatic carbocycles. The maximum Gasteiger partial charge on any atom is 0.306 e. The molecule has 6 aliphatic rings. The number of carbonyl (C=O) groups excluding carboxylic acids is 2. The molecule has 6 rings (SSSR count). The van der Waals surface area contributed by atoms with Crippen LogP contribution in [0.25, 0.3) is 0 Å². The molecule has 0 bridgehead atoms. The minimum atomic E-state index is -0.880. The van der Waals surface area contributed by atoms with E-state index in [0.29, 0.717) is 36.0 Å². The van der Waals surface area contributed by atoms with E-state index < -0.39 is 11.4 Å². The van der Waals surface area contributed by atoms with Crippen molar-refractivity contribution in [1.29, 1.82) is 0 Å². The quantitative estimate of drug-likeness (QED) is 0.167. The number of carboxylic acid groups (broad SMARTS) is 1. The van der Waals surface area contributed by atoms with Crippen LogP contribution in [0.4, 0.5) is 0 Å². The number of carbonyl (C=O) groups is 3. The van der Waals surface area contributed by atoms with E-state index in [4.69, 9.17) is 4.74 Å². The summed E-state index contributed by atoms with van der Waals surface area (Å²) in [6.07, 6.45) is 13.1. The van der Waals surface area contributed by atoms with Crippen molar-refractivity contribution in [3.8, 4) is 0 Å². The number of ether oxygens (including phenoxy) is 1. The third-order valence-corrected chi connectivity index (χ3v) is 16.6. The van der Waals surface area contributed by atoms with Gasteiger partial charge in [-0.05, 0) is 141 Å². The number of amides is 1. The van der Waals surface area contributed by atoms with Gasteiger partial charge in [-0.15, -0.1) is 0 Å². The standard InChI is InChI=1S/C42H68N2O5/c1-26(2)28-12-18-42(22-33(45)44-27-15-21-43-25-27)20-19-40(8)29(36(28)42)10-11-31-39(7)16-14-32(38(5,6)30(39)13-17-41(31,40)9)49-35(48)24-37(3,4)23-34(46)47/h27-32,36,43H,1,10-25H2,2-9H3,(H,44,45)(H,46,47)/t27-,28-,29+,30-,31+,32-,36+,39-,40+,41+,42+/m0/s1. The Kier molecular flexibility index (Phi) is 9.53. The molecule has 276 valence electrons. The third kappa shape index (κ3) is 6.12. The fraction of sp³-hybridized carbons (Fsp3) is 0.881. The Labute approximate surface area is 296 Å². The number of esters is 1. The second-order valence-electron chi connectivity index (χ2n) is 20.2. The molecule has 11 atom stereocenters. The lowest BCUT2D eigenvalue weighted by molar-refractivity contribution is -0.250. The number of nitrogens with one attached hydrogen (secondary N) is 2. The number of aliphatic carboxylic acids is 1. The second kappa shape index (κ2) is 12.7. The van der Waals surface area contributed by atoms with Gasteiger partial charge in [0, 0.05) is 24.4 Å². The van der Waals surface area contributed by atoms with Gasteiger partial charge in [0.25, 0.3) is 0 Å². The number of allylic oxidation sites excluding steroid dienone is 1. The molecule has 49 heavy (non-hydrogen) atoms. The normalized spacial score (nSPS) is 44.1. The topological polar surface area (TPSA) is 105 Å². The Bertz CT molecular complexity index is 1330. The molecule has 3 N–H and O–H groups in total. The van der Waals surface area contributed by atoms with Crippen molar-refractivity contribution < 1.29 is 24.2 Å². The first-order valence-electron chi connectivity index (χ1n) is 19.8. The summed E-state index contributed by atoms with van der Waals surface area (Å²) in [6.45, 7) is 24.9. The van der Waals surface area contributed by atoms with Gasteiger partial charge in [-0.3, -0.25) is 14.4 Å². The van der Waals surface area contributed by atoms with Crippen LogP contribution in [0.5, 0.6) is 0 Å². The molecule has 1 saturated heterocycles. The molecular weight excluding hydrogens is 612 g/mol. The second-order valence-corrected chi connectivity index (χ2v) is 20.2. The van der Waals surface area contributed by atoms with Crippen molar-refractivity contribution >= 4 is 17.8 Å². The van der Waals surface area contributed by atoms with Crippen molar-refractivity contribution in [2.24, 2.45) is 62.1 Å². The molecule has 7 nitrogen and oxygen atoms in total. The van der Waals surface area contributed by atoms with Crippen LogP contribution >= 0.6 is 0 Å². The molecule has 0 unspecified atom stereocenters. The average Bonchev–Trinajstić information content (AvgIpc) is 3.62. The number of rotatable bonds is 9. The molecule has 0 aromatic heterocycles. The van der Waals surface area contributed by atoms with Crippen molar-refractivity contribution in [3.05, 3.63) is 12.2 Å². The van der Waals surface area contributed by atoms with E-state index in [1.54, 1.807) is 0 Å². The highest BCUT2D eigenvalue weighted by Gasteiger charge is 2.71. The van der Waals surface area contributed by atoms with Crippen molar-refractivity contribution in [2.45, 2.75) is 157 Å². The predicted octanol–water partition coefficient (Wildman–Crippen LogP) is 8.32. The maximum atomic E-state index is 13.7. The zero-order valence-corrected chi connectivity index (χ0v) is 32.1. The van der Waals surface area contributed by atoms with Gasteiger partial charge >= 0.3 is 11.9 Å². The molecule has 0 aromatic carbocycles. The number of hydrogen-bond donors (Lipinski definition) is 3. The molecule has 1 heterocycles. The molecule has 0 radical (unpaired) electrons. The van der Waals surface area contributed by atoms with Gasteiger partial charge in [0.1, 0.15) is 6.10 Å². The van der Waals surface area contributed by atoms with Gasteiger partial charge in [0.15, 0.2) is 0 Å². The lowest BCUT2D eigenvalue weighted by Crippen LogP contribution is -2.67. The van der Waals surface area contributed by atoms with Crippen molar-refractivity contribution in [1.82, 2.24) is 10.6 Å². The van der Waals surface area contributed by atoms with Crippen molar-refractivity contribution in [2.75, 3.05) is 13.1 Å². The zero-order valence-electron chi connectivity index (χ0n) is 32.1.